The fourth-order valence-electron chi connectivity index (χ4n) is 2.35. The molecule has 1 aliphatic rings. The van der Waals surface area contributed by atoms with Crippen molar-refractivity contribution >= 4 is 29.0 Å². The zero-order valence-corrected chi connectivity index (χ0v) is 10.7. The number of anilines is 5. The molecule has 0 atom stereocenters. The summed E-state index contributed by atoms with van der Waals surface area (Å²) in [7, 11) is 2.08. The maximum absolute atomic E-state index is 5.75. The molecule has 0 amide bonds. The standard InChI is InChI=1S/C13H16N6/c1-18-6-7-19(10-5-3-2-4-9(10)18)12-8-11(14)16-13(15)17-12/h2-5,8H,6-7H2,1H3,(H4,14,15,16,17). The molecule has 6 nitrogen and oxygen atoms in total. The van der Waals surface area contributed by atoms with Crippen LogP contribution in [-0.2, 0) is 0 Å². The molecular formula is C13H16N6. The van der Waals surface area contributed by atoms with Crippen molar-refractivity contribution in [2.24, 2.45) is 0 Å². The third kappa shape index (κ3) is 2.01. The Morgan fingerprint density at radius 2 is 1.79 bits per heavy atom. The number of likely N-dealkylation sites (N-methyl/N-ethyl adjacent to an activating group) is 1. The van der Waals surface area contributed by atoms with E-state index >= 15 is 0 Å². The van der Waals surface area contributed by atoms with E-state index in [-0.39, 0.29) is 5.95 Å². The van der Waals surface area contributed by atoms with Crippen molar-refractivity contribution in [3.63, 3.8) is 0 Å². The van der Waals surface area contributed by atoms with Crippen molar-refractivity contribution in [2.75, 3.05) is 41.4 Å². The number of rotatable bonds is 1. The number of hydrogen-bond acceptors (Lipinski definition) is 6. The van der Waals surface area contributed by atoms with E-state index in [1.165, 1.54) is 5.69 Å². The first kappa shape index (κ1) is 11.6. The van der Waals surface area contributed by atoms with Crippen LogP contribution >= 0.6 is 0 Å². The Balaban J connectivity index is 2.09. The lowest BCUT2D eigenvalue weighted by Crippen LogP contribution is -2.36. The first-order valence-electron chi connectivity index (χ1n) is 6.13. The van der Waals surface area contributed by atoms with E-state index in [1.807, 2.05) is 12.1 Å². The van der Waals surface area contributed by atoms with Gasteiger partial charge in [0, 0.05) is 26.2 Å². The van der Waals surface area contributed by atoms with Crippen LogP contribution in [0.4, 0.5) is 29.0 Å². The van der Waals surface area contributed by atoms with Crippen molar-refractivity contribution in [1.82, 2.24) is 9.97 Å². The topological polar surface area (TPSA) is 84.3 Å². The number of nitrogens with two attached hydrogens (primary N) is 2. The fourth-order valence-corrected chi connectivity index (χ4v) is 2.35. The average molecular weight is 256 g/mol. The second kappa shape index (κ2) is 4.31. The summed E-state index contributed by atoms with van der Waals surface area (Å²) in [6.45, 7) is 1.75. The molecule has 19 heavy (non-hydrogen) atoms. The van der Waals surface area contributed by atoms with Crippen LogP contribution in [0.25, 0.3) is 0 Å². The van der Waals surface area contributed by atoms with Crippen LogP contribution in [0.15, 0.2) is 30.3 Å². The van der Waals surface area contributed by atoms with Crippen LogP contribution in [0.3, 0.4) is 0 Å². The number of fused-ring (bicyclic) bond motifs is 1. The quantitative estimate of drug-likeness (QED) is 0.798. The fraction of sp³-hybridized carbons (Fsp3) is 0.231. The highest BCUT2D eigenvalue weighted by molar-refractivity contribution is 5.78. The van der Waals surface area contributed by atoms with Crippen molar-refractivity contribution in [1.29, 1.82) is 0 Å². The minimum Gasteiger partial charge on any atom is -0.383 e. The van der Waals surface area contributed by atoms with Gasteiger partial charge in [-0.05, 0) is 12.1 Å². The molecule has 6 heteroatoms. The Morgan fingerprint density at radius 1 is 1.05 bits per heavy atom. The first-order valence-corrected chi connectivity index (χ1v) is 6.13. The number of benzene rings is 1. The maximum atomic E-state index is 5.75. The Bertz CT molecular complexity index is 592. The molecule has 0 bridgehead atoms. The van der Waals surface area contributed by atoms with Gasteiger partial charge >= 0.3 is 0 Å². The maximum Gasteiger partial charge on any atom is 0.223 e. The Labute approximate surface area is 111 Å². The number of hydrogen-bond donors (Lipinski definition) is 2. The van der Waals surface area contributed by atoms with Gasteiger partial charge in [0.1, 0.15) is 11.6 Å². The second-order valence-electron chi connectivity index (χ2n) is 4.57. The van der Waals surface area contributed by atoms with E-state index in [9.17, 15) is 0 Å². The zero-order chi connectivity index (χ0) is 13.4. The minimum atomic E-state index is 0.200. The number of nitrogen functional groups attached to an aromatic ring is 2. The SMILES string of the molecule is CN1CCN(c2cc(N)nc(N)n2)c2ccccc21. The van der Waals surface area contributed by atoms with E-state index in [2.05, 4.69) is 38.9 Å². The predicted octanol–water partition coefficient (Wildman–Crippen LogP) is 1.23. The van der Waals surface area contributed by atoms with Crippen LogP contribution in [0.2, 0.25) is 0 Å². The Kier molecular flexibility index (Phi) is 2.63. The van der Waals surface area contributed by atoms with Crippen LogP contribution in [0, 0.1) is 0 Å². The lowest BCUT2D eigenvalue weighted by Gasteiger charge is -2.36. The highest BCUT2D eigenvalue weighted by Gasteiger charge is 2.22. The summed E-state index contributed by atoms with van der Waals surface area (Å²) in [5, 5.41) is 0. The van der Waals surface area contributed by atoms with Gasteiger partial charge in [-0.25, -0.2) is 0 Å². The summed E-state index contributed by atoms with van der Waals surface area (Å²) >= 11 is 0. The molecule has 0 fully saturated rings. The molecule has 3 rings (SSSR count). The highest BCUT2D eigenvalue weighted by atomic mass is 15.3. The smallest absolute Gasteiger partial charge is 0.223 e. The summed E-state index contributed by atoms with van der Waals surface area (Å²) in [4.78, 5) is 12.5. The van der Waals surface area contributed by atoms with Gasteiger partial charge < -0.3 is 21.3 Å². The van der Waals surface area contributed by atoms with Gasteiger partial charge in [0.05, 0.1) is 11.4 Å². The largest absolute Gasteiger partial charge is 0.383 e. The molecule has 1 aliphatic heterocycles. The van der Waals surface area contributed by atoms with E-state index in [1.54, 1.807) is 6.07 Å². The normalized spacial score (nSPS) is 14.4. The molecule has 1 aromatic carbocycles. The van der Waals surface area contributed by atoms with Crippen LogP contribution in [0.5, 0.6) is 0 Å². The zero-order valence-electron chi connectivity index (χ0n) is 10.7. The molecule has 2 heterocycles. The van der Waals surface area contributed by atoms with Crippen molar-refractivity contribution in [2.45, 2.75) is 0 Å². The Morgan fingerprint density at radius 3 is 2.53 bits per heavy atom. The summed E-state index contributed by atoms with van der Waals surface area (Å²) in [6, 6.07) is 9.95. The molecule has 1 aromatic heterocycles. The van der Waals surface area contributed by atoms with Gasteiger partial charge in [-0.3, -0.25) is 0 Å². The van der Waals surface area contributed by atoms with Crippen LogP contribution in [-0.4, -0.2) is 30.1 Å². The molecule has 0 aliphatic carbocycles. The van der Waals surface area contributed by atoms with Crippen molar-refractivity contribution in [3.8, 4) is 0 Å². The predicted molar refractivity (Wildman–Crippen MR) is 77.6 cm³/mol. The number of para-hydroxylation sites is 2. The molecule has 4 N–H and O–H groups in total. The van der Waals surface area contributed by atoms with Crippen LogP contribution < -0.4 is 21.3 Å². The van der Waals surface area contributed by atoms with E-state index in [0.29, 0.717) is 5.82 Å². The number of aromatic nitrogens is 2. The van der Waals surface area contributed by atoms with Gasteiger partial charge in [0.25, 0.3) is 0 Å². The van der Waals surface area contributed by atoms with Gasteiger partial charge in [-0.1, -0.05) is 12.1 Å². The van der Waals surface area contributed by atoms with E-state index in [4.69, 9.17) is 11.5 Å². The minimum absolute atomic E-state index is 0.200. The molecule has 0 radical (unpaired) electrons. The summed E-state index contributed by atoms with van der Waals surface area (Å²) in [5.74, 6) is 1.33. The lowest BCUT2D eigenvalue weighted by atomic mass is 10.1. The van der Waals surface area contributed by atoms with E-state index in [0.717, 1.165) is 24.6 Å². The summed E-state index contributed by atoms with van der Waals surface area (Å²) in [5.41, 5.74) is 13.7. The molecule has 2 aromatic rings. The lowest BCUT2D eigenvalue weighted by molar-refractivity contribution is 0.813. The van der Waals surface area contributed by atoms with Crippen molar-refractivity contribution < 1.29 is 0 Å². The summed E-state index contributed by atoms with van der Waals surface area (Å²) < 4.78 is 0. The van der Waals surface area contributed by atoms with Crippen LogP contribution in [0.1, 0.15) is 0 Å². The van der Waals surface area contributed by atoms with Gasteiger partial charge in [-0.2, -0.15) is 9.97 Å². The molecule has 0 saturated carbocycles. The molecule has 0 saturated heterocycles. The third-order valence-corrected chi connectivity index (χ3v) is 3.27. The molecular weight excluding hydrogens is 240 g/mol. The Hall–Kier alpha value is -2.50. The molecule has 0 spiro atoms. The van der Waals surface area contributed by atoms with Gasteiger partial charge in [-0.15, -0.1) is 0 Å². The van der Waals surface area contributed by atoms with E-state index < -0.39 is 0 Å². The number of nitrogens with zero attached hydrogens (tertiary/aromatic N) is 4. The van der Waals surface area contributed by atoms with Crippen molar-refractivity contribution in [3.05, 3.63) is 30.3 Å². The average Bonchev–Trinajstić information content (AvgIpc) is 2.38. The van der Waals surface area contributed by atoms with Gasteiger partial charge in [0.15, 0.2) is 0 Å². The summed E-state index contributed by atoms with van der Waals surface area (Å²) in [6.07, 6.45) is 0. The monoisotopic (exact) mass is 256 g/mol. The first-order chi connectivity index (χ1) is 9.15. The third-order valence-electron chi connectivity index (χ3n) is 3.27. The highest BCUT2D eigenvalue weighted by Crippen LogP contribution is 2.36. The van der Waals surface area contributed by atoms with Gasteiger partial charge in [0.2, 0.25) is 5.95 Å². The molecule has 98 valence electrons. The molecule has 0 unspecified atom stereocenters. The second-order valence-corrected chi connectivity index (χ2v) is 4.57.